The Labute approximate surface area is 224 Å². The molecule has 2 aromatic heterocycles. The summed E-state index contributed by atoms with van der Waals surface area (Å²) in [6, 6.07) is 21.4. The van der Waals surface area contributed by atoms with Crippen LogP contribution in [0, 0.1) is 31.0 Å². The van der Waals surface area contributed by atoms with Crippen LogP contribution in [0.5, 0.6) is 0 Å². The summed E-state index contributed by atoms with van der Waals surface area (Å²) >= 11 is 0. The second kappa shape index (κ2) is 8.65. The van der Waals surface area contributed by atoms with Gasteiger partial charge in [0, 0.05) is 52.3 Å². The number of amides is 1. The standard InChI is InChI=1S/C33H24FN3O2/c1-17-3-6-23(21(9-17)13-35)19-4-7-24-26(10-19)32-27-11-20(5-8-25(27)31(24)39-32)33(38)37-16-29-18(2)28-15-36-14-22(28)12-30(29)34/h3-12,36H,14-16H2,1-2H3,(H,37,38). The highest BCUT2D eigenvalue weighted by Gasteiger charge is 2.22. The third-order valence-electron chi connectivity index (χ3n) is 8.02. The van der Waals surface area contributed by atoms with Crippen molar-refractivity contribution in [3.63, 3.8) is 0 Å². The fourth-order valence-electron chi connectivity index (χ4n) is 5.93. The Kier molecular flexibility index (Phi) is 5.19. The molecular formula is C33H24FN3O2. The summed E-state index contributed by atoms with van der Waals surface area (Å²) in [6.45, 7) is 5.39. The van der Waals surface area contributed by atoms with Crippen molar-refractivity contribution in [1.82, 2.24) is 10.6 Å². The number of halogens is 1. The number of aryl methyl sites for hydroxylation is 1. The maximum absolute atomic E-state index is 14.8. The van der Waals surface area contributed by atoms with Crippen molar-refractivity contribution < 1.29 is 13.6 Å². The van der Waals surface area contributed by atoms with E-state index < -0.39 is 0 Å². The van der Waals surface area contributed by atoms with Crippen LogP contribution in [0.15, 0.2) is 65.1 Å². The molecule has 39 heavy (non-hydrogen) atoms. The van der Waals surface area contributed by atoms with Gasteiger partial charge in [-0.2, -0.15) is 5.26 Å². The lowest BCUT2D eigenvalue weighted by molar-refractivity contribution is 0.0950. The summed E-state index contributed by atoms with van der Waals surface area (Å²) in [4.78, 5) is 13.1. The third kappa shape index (κ3) is 3.58. The van der Waals surface area contributed by atoms with Gasteiger partial charge in [0.2, 0.25) is 0 Å². The minimum Gasteiger partial charge on any atom is -0.455 e. The quantitative estimate of drug-likeness (QED) is 0.249. The molecule has 0 saturated heterocycles. The van der Waals surface area contributed by atoms with Crippen LogP contribution in [-0.2, 0) is 19.6 Å². The zero-order chi connectivity index (χ0) is 26.8. The topological polar surface area (TPSA) is 78.1 Å². The predicted molar refractivity (Wildman–Crippen MR) is 150 cm³/mol. The van der Waals surface area contributed by atoms with Crippen LogP contribution in [0.2, 0.25) is 0 Å². The fourth-order valence-corrected chi connectivity index (χ4v) is 5.93. The normalized spacial score (nSPS) is 12.9. The number of benzene rings is 5. The lowest BCUT2D eigenvalue weighted by Crippen LogP contribution is -2.24. The Bertz CT molecular complexity index is 2010. The van der Waals surface area contributed by atoms with Crippen LogP contribution in [0.1, 0.15) is 43.7 Å². The first-order valence-corrected chi connectivity index (χ1v) is 12.9. The molecule has 0 aliphatic carbocycles. The maximum Gasteiger partial charge on any atom is 0.251 e. The van der Waals surface area contributed by atoms with Gasteiger partial charge in [0.05, 0.1) is 11.6 Å². The van der Waals surface area contributed by atoms with Crippen molar-refractivity contribution in [2.75, 3.05) is 0 Å². The summed E-state index contributed by atoms with van der Waals surface area (Å²) in [5, 5.41) is 19.6. The molecule has 1 aliphatic heterocycles. The largest absolute Gasteiger partial charge is 0.455 e. The molecule has 0 radical (unpaired) electrons. The monoisotopic (exact) mass is 513 g/mol. The zero-order valence-corrected chi connectivity index (χ0v) is 21.5. The summed E-state index contributed by atoms with van der Waals surface area (Å²) in [6.07, 6.45) is 0. The van der Waals surface area contributed by atoms with Crippen LogP contribution in [0.4, 0.5) is 4.39 Å². The number of nitriles is 1. The molecule has 0 fully saturated rings. The van der Waals surface area contributed by atoms with E-state index in [0.29, 0.717) is 28.8 Å². The van der Waals surface area contributed by atoms with E-state index in [9.17, 15) is 14.4 Å². The number of rotatable bonds is 4. The molecule has 4 aromatic carbocycles. The SMILES string of the molecule is Cc1ccc(-c2ccc3c(c2)c2oc3c3ccc(C(=O)NCc4c(F)cc5c(c4C)CNC5)cc32)c(C#N)c1. The molecule has 7 rings (SSSR count). The molecule has 1 amide bonds. The van der Waals surface area contributed by atoms with Crippen molar-refractivity contribution in [2.45, 2.75) is 33.5 Å². The first kappa shape index (κ1) is 23.4. The number of hydrogen-bond donors (Lipinski definition) is 2. The van der Waals surface area contributed by atoms with Crippen LogP contribution in [-0.4, -0.2) is 5.91 Å². The molecule has 2 N–H and O–H groups in total. The molecule has 2 bridgehead atoms. The highest BCUT2D eigenvalue weighted by atomic mass is 19.1. The molecular weight excluding hydrogens is 489 g/mol. The second-order valence-corrected chi connectivity index (χ2v) is 10.3. The number of fused-ring (bicyclic) bond motifs is 9. The van der Waals surface area contributed by atoms with Crippen molar-refractivity contribution in [3.05, 3.63) is 105 Å². The number of hydrogen-bond acceptors (Lipinski definition) is 4. The second-order valence-electron chi connectivity index (χ2n) is 10.3. The van der Waals surface area contributed by atoms with Crippen LogP contribution >= 0.6 is 0 Å². The van der Waals surface area contributed by atoms with E-state index in [2.05, 4.69) is 16.7 Å². The van der Waals surface area contributed by atoms with E-state index >= 15 is 0 Å². The number of furan rings is 2. The van der Waals surface area contributed by atoms with Gasteiger partial charge in [0.1, 0.15) is 17.0 Å². The van der Waals surface area contributed by atoms with Gasteiger partial charge in [-0.05, 0) is 89.7 Å². The van der Waals surface area contributed by atoms with Gasteiger partial charge in [-0.15, -0.1) is 0 Å². The molecule has 1 aliphatic rings. The van der Waals surface area contributed by atoms with Gasteiger partial charge >= 0.3 is 0 Å². The summed E-state index contributed by atoms with van der Waals surface area (Å²) in [7, 11) is 0. The zero-order valence-electron chi connectivity index (χ0n) is 21.5. The number of carbonyl (C=O) groups is 1. The minimum atomic E-state index is -0.289. The fraction of sp³-hybridized carbons (Fsp3) is 0.152. The van der Waals surface area contributed by atoms with E-state index in [-0.39, 0.29) is 18.3 Å². The van der Waals surface area contributed by atoms with Gasteiger partial charge in [-0.1, -0.05) is 18.2 Å². The Morgan fingerprint density at radius 3 is 2.56 bits per heavy atom. The predicted octanol–water partition coefficient (Wildman–Crippen LogP) is 7.00. The summed E-state index contributed by atoms with van der Waals surface area (Å²) in [5.41, 5.74) is 8.97. The van der Waals surface area contributed by atoms with Crippen molar-refractivity contribution in [2.24, 2.45) is 0 Å². The summed E-state index contributed by atoms with van der Waals surface area (Å²) in [5.74, 6) is -0.557. The highest BCUT2D eigenvalue weighted by Crippen LogP contribution is 2.42. The highest BCUT2D eigenvalue weighted by molar-refractivity contribution is 6.26. The number of carbonyl (C=O) groups excluding carboxylic acids is 1. The van der Waals surface area contributed by atoms with E-state index in [1.165, 1.54) is 0 Å². The van der Waals surface area contributed by atoms with Crippen molar-refractivity contribution in [1.29, 1.82) is 5.26 Å². The molecule has 190 valence electrons. The molecule has 6 heteroatoms. The molecule has 5 nitrogen and oxygen atoms in total. The Morgan fingerprint density at radius 1 is 0.974 bits per heavy atom. The van der Waals surface area contributed by atoms with Crippen molar-refractivity contribution in [3.8, 4) is 17.2 Å². The van der Waals surface area contributed by atoms with Crippen LogP contribution < -0.4 is 10.6 Å². The van der Waals surface area contributed by atoms with Crippen LogP contribution in [0.25, 0.3) is 43.8 Å². The van der Waals surface area contributed by atoms with Gasteiger partial charge in [0.15, 0.2) is 0 Å². The summed E-state index contributed by atoms with van der Waals surface area (Å²) < 4.78 is 21.0. The molecule has 3 heterocycles. The van der Waals surface area contributed by atoms with E-state index in [1.54, 1.807) is 12.1 Å². The van der Waals surface area contributed by atoms with Gasteiger partial charge < -0.3 is 15.1 Å². The smallest absolute Gasteiger partial charge is 0.251 e. The maximum atomic E-state index is 14.8. The average molecular weight is 514 g/mol. The van der Waals surface area contributed by atoms with E-state index in [4.69, 9.17) is 4.42 Å². The van der Waals surface area contributed by atoms with E-state index in [1.807, 2.05) is 62.4 Å². The Balaban J connectivity index is 1.23. The number of nitrogens with one attached hydrogen (secondary N) is 2. The van der Waals surface area contributed by atoms with E-state index in [0.717, 1.165) is 67.1 Å². The average Bonchev–Trinajstić information content (AvgIpc) is 3.66. The van der Waals surface area contributed by atoms with Gasteiger partial charge in [-0.3, -0.25) is 4.79 Å². The molecule has 0 saturated carbocycles. The van der Waals surface area contributed by atoms with Crippen LogP contribution in [0.3, 0.4) is 0 Å². The molecule has 0 atom stereocenters. The first-order chi connectivity index (χ1) is 18.9. The molecule has 6 aromatic rings. The van der Waals surface area contributed by atoms with Gasteiger partial charge in [-0.25, -0.2) is 4.39 Å². The van der Waals surface area contributed by atoms with Gasteiger partial charge in [0.25, 0.3) is 5.91 Å². The molecule has 0 spiro atoms. The minimum absolute atomic E-state index is 0.120. The Morgan fingerprint density at radius 2 is 1.74 bits per heavy atom. The third-order valence-corrected chi connectivity index (χ3v) is 8.02. The first-order valence-electron chi connectivity index (χ1n) is 12.9. The Hall–Kier alpha value is -4.73. The lowest BCUT2D eigenvalue weighted by Gasteiger charge is -2.13. The number of nitrogens with zero attached hydrogens (tertiary/aromatic N) is 1. The molecule has 0 unspecified atom stereocenters. The van der Waals surface area contributed by atoms with Crippen molar-refractivity contribution >= 4 is 38.6 Å². The lowest BCUT2D eigenvalue weighted by atomic mass is 9.95.